The summed E-state index contributed by atoms with van der Waals surface area (Å²) >= 11 is 51.6. The van der Waals surface area contributed by atoms with E-state index >= 15 is 0 Å². The van der Waals surface area contributed by atoms with Gasteiger partial charge in [0.1, 0.15) is 0 Å². The van der Waals surface area contributed by atoms with Crippen molar-refractivity contribution in [1.82, 2.24) is 44.3 Å². The largest absolute Gasteiger partial charge is 0.456 e. The van der Waals surface area contributed by atoms with E-state index in [0.29, 0.717) is 67.2 Å². The molecule has 0 radical (unpaired) electrons. The van der Waals surface area contributed by atoms with Crippen LogP contribution >= 0.6 is 115 Å². The van der Waals surface area contributed by atoms with Crippen LogP contribution in [0.2, 0.25) is 40.2 Å². The van der Waals surface area contributed by atoms with Crippen LogP contribution in [-0.2, 0) is 47.3 Å². The molecule has 4 aromatic carbocycles. The highest BCUT2D eigenvalue weighted by Crippen LogP contribution is 2.42. The SMILES string of the molecule is C#CC(=O)OCC.CC(C)c1cc(Oc2c(Cl)cc(-c3cc(=O)[nH]o3)cc2Cl)nn(C)c1=O.CC(C)c1cc(Oc2c(Cl)cc(I)cc2Cl)nn(C)c1=O.CC(C)c1cc(Oc2c(Cl)cc(N)cc2Cl)nn(C)c1=O.CCOC(=O)C#Cc1cc(Cl)c(Oc2cc(C(C)C)c(=O)n(C)n2)c(Cl)c1. The van der Waals surface area contributed by atoms with Crippen LogP contribution in [0.4, 0.5) is 5.69 Å². The number of anilines is 1. The molecule has 0 amide bonds. The highest BCUT2D eigenvalue weighted by atomic mass is 127. The number of hydrogen-bond acceptors (Lipinski definition) is 19. The van der Waals surface area contributed by atoms with Crippen molar-refractivity contribution in [2.45, 2.75) is 92.9 Å². The number of hydrogen-bond donors (Lipinski definition) is 2. The fraction of sp³-hybridized carbons (Fsp3) is 0.290. The number of aryl methyl sites for hydroxylation is 4. The van der Waals surface area contributed by atoms with Crippen LogP contribution in [0.5, 0.6) is 46.5 Å². The van der Waals surface area contributed by atoms with Crippen LogP contribution in [0.15, 0.2) is 107 Å². The van der Waals surface area contributed by atoms with E-state index in [1.165, 1.54) is 49.1 Å². The van der Waals surface area contributed by atoms with Crippen molar-refractivity contribution in [3.63, 3.8) is 0 Å². The van der Waals surface area contributed by atoms with E-state index in [9.17, 15) is 33.6 Å². The lowest BCUT2D eigenvalue weighted by atomic mass is 10.1. The van der Waals surface area contributed by atoms with E-state index < -0.39 is 11.9 Å². The van der Waals surface area contributed by atoms with Gasteiger partial charge < -0.3 is 38.7 Å². The number of nitrogens with one attached hydrogen (secondary N) is 1. The quantitative estimate of drug-likeness (QED) is 0.0317. The third-order valence-corrected chi connectivity index (χ3v) is 16.2. The van der Waals surface area contributed by atoms with Crippen molar-refractivity contribution in [3.8, 4) is 82.0 Å². The van der Waals surface area contributed by atoms with E-state index in [4.69, 9.17) is 127 Å². The number of nitrogen functional groups attached to an aromatic ring is 1. The fourth-order valence-corrected chi connectivity index (χ4v) is 11.7. The summed E-state index contributed by atoms with van der Waals surface area (Å²) in [7, 11) is 6.23. The number of rotatable bonds is 15. The molecule has 0 spiro atoms. The molecule has 0 atom stereocenters. The Kier molecular flexibility index (Phi) is 31.9. The number of ether oxygens (including phenoxy) is 6. The molecular formula is C69H67Cl8IN10O14. The molecule has 0 unspecified atom stereocenters. The standard InChI is InChI=1S/C19H18Cl2N2O4.C17H15Cl2N3O4.C14H13Cl2IN2O2.C14H15Cl2N3O2.C5H6O2/c1-5-26-17(24)7-6-12-8-14(20)18(15(21)9-12)27-16-10-13(11(2)3)19(25)23(4)22-16;1-8(2)10-6-15(20-22(3)17(10)24)25-16-11(18)4-9(5-12(16)19)13-7-14(23)21-26-13;2*1-7(2)9-6-12(18-19(3)14(9)20)21-13-10(15)4-8(17)5-11(13)16;1-3-5(6)7-4-2/h8-11H,5H2,1-4H3;4-8H,1-3H3,(H,21,23);4-7H,1-3H3;4-7H,17H2,1-3H3;1H,4H2,2H3. The van der Waals surface area contributed by atoms with Gasteiger partial charge in [-0.05, 0) is 109 Å². The first-order valence-electron chi connectivity index (χ1n) is 30.3. The van der Waals surface area contributed by atoms with Crippen molar-refractivity contribution < 1.29 is 42.5 Å². The lowest BCUT2D eigenvalue weighted by molar-refractivity contribution is -0.137. The molecule has 0 saturated heterocycles. The number of nitrogens with two attached hydrogens (primary N) is 1. The van der Waals surface area contributed by atoms with Gasteiger partial charge in [0.05, 0.1) is 59.5 Å². The van der Waals surface area contributed by atoms with Gasteiger partial charge in [0.25, 0.3) is 27.8 Å². The third-order valence-electron chi connectivity index (χ3n) is 13.4. The summed E-state index contributed by atoms with van der Waals surface area (Å²) in [5.41, 5.74) is 8.32. The van der Waals surface area contributed by atoms with E-state index in [1.54, 1.807) is 96.5 Å². The Bertz CT molecular complexity index is 4770. The van der Waals surface area contributed by atoms with Gasteiger partial charge in [0.2, 0.25) is 23.5 Å². The Morgan fingerprint density at radius 1 is 0.490 bits per heavy atom. The van der Waals surface area contributed by atoms with Crippen molar-refractivity contribution >= 4 is 133 Å². The number of esters is 2. The molecule has 0 fully saturated rings. The molecule has 33 heteroatoms. The third kappa shape index (κ3) is 23.8. The first kappa shape index (κ1) is 84.2. The fourth-order valence-electron chi connectivity index (χ4n) is 8.41. The summed E-state index contributed by atoms with van der Waals surface area (Å²) in [6.07, 6.45) is 4.63. The van der Waals surface area contributed by atoms with Gasteiger partial charge in [0, 0.05) is 107 Å². The minimum absolute atomic E-state index is 0.000482. The van der Waals surface area contributed by atoms with Gasteiger partial charge in [-0.3, -0.25) is 24.0 Å². The average molecular weight is 1670 g/mol. The molecule has 0 aliphatic rings. The van der Waals surface area contributed by atoms with E-state index in [1.807, 2.05) is 55.4 Å². The zero-order valence-electron chi connectivity index (χ0n) is 57.1. The van der Waals surface area contributed by atoms with Crippen LogP contribution in [-0.4, -0.2) is 69.4 Å². The van der Waals surface area contributed by atoms with Crippen molar-refractivity contribution in [2.24, 2.45) is 28.2 Å². The molecule has 5 heterocycles. The highest BCUT2D eigenvalue weighted by Gasteiger charge is 2.21. The van der Waals surface area contributed by atoms with Gasteiger partial charge in [0.15, 0.2) is 28.8 Å². The molecule has 5 aromatic heterocycles. The second-order valence-electron chi connectivity index (χ2n) is 22.5. The smallest absolute Gasteiger partial charge is 0.384 e. The Morgan fingerprint density at radius 3 is 1.06 bits per heavy atom. The normalized spacial score (nSPS) is 10.6. The van der Waals surface area contributed by atoms with Gasteiger partial charge in [-0.2, -0.15) is 5.16 Å². The monoisotopic (exact) mass is 1670 g/mol. The molecule has 0 saturated carbocycles. The molecule has 0 bridgehead atoms. The average Bonchev–Trinajstić information content (AvgIpc) is 1.33. The maximum absolute atomic E-state index is 12.1. The van der Waals surface area contributed by atoms with Gasteiger partial charge in [-0.25, -0.2) is 28.3 Å². The topological polar surface area (TPSA) is 301 Å². The number of halogens is 9. The Morgan fingerprint density at radius 2 is 0.784 bits per heavy atom. The number of aromatic nitrogens is 9. The van der Waals surface area contributed by atoms with Gasteiger partial charge in [-0.1, -0.05) is 154 Å². The van der Waals surface area contributed by atoms with Crippen molar-refractivity contribution in [1.29, 1.82) is 0 Å². The van der Waals surface area contributed by atoms with Crippen molar-refractivity contribution in [3.05, 3.63) is 202 Å². The Hall–Kier alpha value is -8.48. The van der Waals surface area contributed by atoms with Crippen LogP contribution < -0.4 is 52.5 Å². The van der Waals surface area contributed by atoms with Gasteiger partial charge >= 0.3 is 11.9 Å². The summed E-state index contributed by atoms with van der Waals surface area (Å²) in [4.78, 5) is 80.7. The summed E-state index contributed by atoms with van der Waals surface area (Å²) in [5, 5.41) is 20.6. The number of aromatic amines is 1. The Balaban J connectivity index is 0.000000238. The van der Waals surface area contributed by atoms with Crippen LogP contribution in [0.25, 0.3) is 11.3 Å². The maximum atomic E-state index is 12.1. The first-order valence-corrected chi connectivity index (χ1v) is 34.4. The summed E-state index contributed by atoms with van der Waals surface area (Å²) in [6, 6.07) is 20.3. The zero-order chi connectivity index (χ0) is 76.3. The molecule has 9 rings (SSSR count). The zero-order valence-corrected chi connectivity index (χ0v) is 65.3. The Labute approximate surface area is 639 Å². The second kappa shape index (κ2) is 38.7. The summed E-state index contributed by atoms with van der Waals surface area (Å²) in [5.74, 6) is 7.83. The molecule has 0 aliphatic heterocycles. The predicted octanol–water partition coefficient (Wildman–Crippen LogP) is 16.2. The van der Waals surface area contributed by atoms with E-state index in [0.717, 1.165) is 3.57 Å². The van der Waals surface area contributed by atoms with E-state index in [2.05, 4.69) is 71.1 Å². The molecule has 540 valence electrons. The van der Waals surface area contributed by atoms with Crippen LogP contribution in [0.3, 0.4) is 0 Å². The minimum Gasteiger partial charge on any atom is -0.456 e. The molecule has 24 nitrogen and oxygen atoms in total. The minimum atomic E-state index is -0.638. The number of H-pyrrole nitrogens is 1. The number of carbonyl (C=O) groups excluding carboxylic acids is 2. The summed E-state index contributed by atoms with van der Waals surface area (Å²) in [6.45, 7) is 19.3. The maximum Gasteiger partial charge on any atom is 0.384 e. The first-order chi connectivity index (χ1) is 47.9. The number of carbonyl (C=O) groups is 2. The predicted molar refractivity (Wildman–Crippen MR) is 405 cm³/mol. The summed E-state index contributed by atoms with van der Waals surface area (Å²) < 4.78 is 42.6. The van der Waals surface area contributed by atoms with Crippen LogP contribution in [0, 0.1) is 27.8 Å². The molecular weight excluding hydrogens is 1600 g/mol. The molecule has 9 aromatic rings. The number of nitrogens with zero attached hydrogens (tertiary/aromatic N) is 8. The van der Waals surface area contributed by atoms with Gasteiger partial charge in [-0.15, -0.1) is 26.8 Å². The molecule has 3 N–H and O–H groups in total. The second-order valence-corrected chi connectivity index (χ2v) is 27.0. The van der Waals surface area contributed by atoms with Crippen molar-refractivity contribution in [2.75, 3.05) is 18.9 Å². The molecule has 102 heavy (non-hydrogen) atoms. The lowest BCUT2D eigenvalue weighted by Crippen LogP contribution is -2.24. The number of terminal acetylenes is 1. The lowest BCUT2D eigenvalue weighted by Gasteiger charge is -2.13. The van der Waals surface area contributed by atoms with Crippen LogP contribution in [0.1, 0.15) is 121 Å². The molecule has 0 aliphatic carbocycles. The highest BCUT2D eigenvalue weighted by molar-refractivity contribution is 14.1. The number of benzene rings is 4. The van der Waals surface area contributed by atoms with E-state index in [-0.39, 0.29) is 129 Å².